The number of nitrogens with one attached hydrogen (secondary N) is 1. The van der Waals surface area contributed by atoms with Crippen LogP contribution < -0.4 is 5.32 Å². The number of rotatable bonds is 2. The minimum Gasteiger partial charge on any atom is -0.378 e. The molecular weight excluding hydrogens is 272 g/mol. The Labute approximate surface area is 103 Å². The second-order valence-electron chi connectivity index (χ2n) is 3.91. The molecule has 16 heavy (non-hydrogen) atoms. The maximum Gasteiger partial charge on any atom is 0.231 e. The van der Waals surface area contributed by atoms with Crippen LogP contribution >= 0.6 is 15.9 Å². The third kappa shape index (κ3) is 2.80. The Kier molecular flexibility index (Phi) is 3.56. The van der Waals surface area contributed by atoms with Gasteiger partial charge < -0.3 is 10.1 Å². The Morgan fingerprint density at radius 1 is 1.62 bits per heavy atom. The molecule has 0 aromatic carbocycles. The number of hydrogen-bond acceptors (Lipinski definition) is 3. The summed E-state index contributed by atoms with van der Waals surface area (Å²) in [6, 6.07) is 5.42. The number of nitrogens with zero attached hydrogens (tertiary/aromatic N) is 1. The number of amides is 1. The fourth-order valence-electron chi connectivity index (χ4n) is 1.71. The minimum atomic E-state index is -0.0595. The van der Waals surface area contributed by atoms with Gasteiger partial charge in [-0.25, -0.2) is 4.98 Å². The Morgan fingerprint density at radius 2 is 2.44 bits per heavy atom. The maximum absolute atomic E-state index is 11.8. The second-order valence-corrected chi connectivity index (χ2v) is 4.72. The lowest BCUT2D eigenvalue weighted by molar-refractivity contribution is -0.119. The number of carbonyl (C=O) groups excluding carboxylic acids is 1. The van der Waals surface area contributed by atoms with E-state index in [1.807, 2.05) is 19.1 Å². The molecule has 1 aliphatic rings. The van der Waals surface area contributed by atoms with E-state index in [0.29, 0.717) is 17.0 Å². The molecule has 1 N–H and O–H groups in total. The van der Waals surface area contributed by atoms with Gasteiger partial charge in [-0.05, 0) is 41.4 Å². The van der Waals surface area contributed by atoms with Crippen LogP contribution in [0.25, 0.3) is 0 Å². The fraction of sp³-hybridized carbons (Fsp3) is 0.455. The Morgan fingerprint density at radius 3 is 3.06 bits per heavy atom. The molecule has 2 unspecified atom stereocenters. The summed E-state index contributed by atoms with van der Waals surface area (Å²) in [5, 5.41) is 2.79. The molecule has 1 aromatic heterocycles. The quantitative estimate of drug-likeness (QED) is 0.848. The van der Waals surface area contributed by atoms with Crippen LogP contribution in [0.5, 0.6) is 0 Å². The van der Waals surface area contributed by atoms with Gasteiger partial charge in [-0.3, -0.25) is 4.79 Å². The summed E-state index contributed by atoms with van der Waals surface area (Å²) in [7, 11) is 0. The molecule has 5 heteroatoms. The molecule has 1 fully saturated rings. The molecule has 86 valence electrons. The number of aromatic nitrogens is 1. The van der Waals surface area contributed by atoms with Crippen molar-refractivity contribution in [2.24, 2.45) is 5.92 Å². The largest absolute Gasteiger partial charge is 0.378 e. The molecular formula is C11H13BrN2O2. The van der Waals surface area contributed by atoms with E-state index in [1.54, 1.807) is 6.07 Å². The van der Waals surface area contributed by atoms with Crippen LogP contribution in [0, 0.1) is 5.92 Å². The highest BCUT2D eigenvalue weighted by molar-refractivity contribution is 9.10. The molecule has 0 bridgehead atoms. The first-order chi connectivity index (χ1) is 7.65. The number of ether oxygens (including phenoxy) is 1. The van der Waals surface area contributed by atoms with Gasteiger partial charge in [0.15, 0.2) is 0 Å². The van der Waals surface area contributed by atoms with Crippen molar-refractivity contribution >= 4 is 27.7 Å². The van der Waals surface area contributed by atoms with Gasteiger partial charge >= 0.3 is 0 Å². The highest BCUT2D eigenvalue weighted by Crippen LogP contribution is 2.20. The SMILES string of the molecule is CC1CC(C(=O)Nc2cccc(Br)n2)CO1. The van der Waals surface area contributed by atoms with Crippen LogP contribution in [0.2, 0.25) is 0 Å². The van der Waals surface area contributed by atoms with Crippen LogP contribution in [0.1, 0.15) is 13.3 Å². The van der Waals surface area contributed by atoms with E-state index >= 15 is 0 Å². The molecule has 1 saturated heterocycles. The highest BCUT2D eigenvalue weighted by atomic mass is 79.9. The standard InChI is InChI=1S/C11H13BrN2O2/c1-7-5-8(6-16-7)11(15)14-10-4-2-3-9(12)13-10/h2-4,7-8H,5-6H2,1H3,(H,13,14,15). The van der Waals surface area contributed by atoms with Crippen molar-refractivity contribution in [1.82, 2.24) is 4.98 Å². The summed E-state index contributed by atoms with van der Waals surface area (Å²) in [5.41, 5.74) is 0. The van der Waals surface area contributed by atoms with Gasteiger partial charge in [0.05, 0.1) is 18.6 Å². The number of anilines is 1. The number of carbonyl (C=O) groups is 1. The van der Waals surface area contributed by atoms with E-state index < -0.39 is 0 Å². The smallest absolute Gasteiger partial charge is 0.231 e. The van der Waals surface area contributed by atoms with Gasteiger partial charge in [-0.15, -0.1) is 0 Å². The van der Waals surface area contributed by atoms with Crippen molar-refractivity contribution in [2.75, 3.05) is 11.9 Å². The Balaban J connectivity index is 1.97. The lowest BCUT2D eigenvalue weighted by Crippen LogP contribution is -2.23. The zero-order chi connectivity index (χ0) is 11.5. The van der Waals surface area contributed by atoms with Gasteiger partial charge in [-0.2, -0.15) is 0 Å². The van der Waals surface area contributed by atoms with Gasteiger partial charge in [-0.1, -0.05) is 6.07 Å². The van der Waals surface area contributed by atoms with Crippen molar-refractivity contribution < 1.29 is 9.53 Å². The average Bonchev–Trinajstić information content (AvgIpc) is 2.65. The molecule has 0 aliphatic carbocycles. The Bertz CT molecular complexity index is 397. The van der Waals surface area contributed by atoms with Crippen LogP contribution in [0.3, 0.4) is 0 Å². The third-order valence-corrected chi connectivity index (χ3v) is 2.98. The summed E-state index contributed by atoms with van der Waals surface area (Å²) < 4.78 is 6.07. The molecule has 2 rings (SSSR count). The van der Waals surface area contributed by atoms with Crippen molar-refractivity contribution in [3.63, 3.8) is 0 Å². The monoisotopic (exact) mass is 284 g/mol. The fourth-order valence-corrected chi connectivity index (χ4v) is 2.05. The zero-order valence-electron chi connectivity index (χ0n) is 8.94. The number of halogens is 1. The topological polar surface area (TPSA) is 51.2 Å². The molecule has 4 nitrogen and oxygen atoms in total. The first-order valence-corrected chi connectivity index (χ1v) is 5.99. The van der Waals surface area contributed by atoms with E-state index in [9.17, 15) is 4.79 Å². The van der Waals surface area contributed by atoms with Crippen molar-refractivity contribution in [3.05, 3.63) is 22.8 Å². The second kappa shape index (κ2) is 4.93. The van der Waals surface area contributed by atoms with Crippen LogP contribution in [0.15, 0.2) is 22.8 Å². The molecule has 2 atom stereocenters. The summed E-state index contributed by atoms with van der Waals surface area (Å²) >= 11 is 3.26. The summed E-state index contributed by atoms with van der Waals surface area (Å²) in [6.45, 7) is 2.48. The molecule has 1 aromatic rings. The molecule has 1 amide bonds. The predicted molar refractivity (Wildman–Crippen MR) is 64.1 cm³/mol. The van der Waals surface area contributed by atoms with Crippen molar-refractivity contribution in [2.45, 2.75) is 19.4 Å². The first-order valence-electron chi connectivity index (χ1n) is 5.20. The summed E-state index contributed by atoms with van der Waals surface area (Å²) in [6.07, 6.45) is 0.950. The van der Waals surface area contributed by atoms with E-state index in [-0.39, 0.29) is 17.9 Å². The lowest BCUT2D eigenvalue weighted by atomic mass is 10.1. The first kappa shape index (κ1) is 11.5. The molecule has 0 spiro atoms. The maximum atomic E-state index is 11.8. The third-order valence-electron chi connectivity index (χ3n) is 2.54. The van der Waals surface area contributed by atoms with E-state index in [4.69, 9.17) is 4.74 Å². The normalized spacial score (nSPS) is 24.4. The predicted octanol–water partition coefficient (Wildman–Crippen LogP) is 2.21. The van der Waals surface area contributed by atoms with Crippen molar-refractivity contribution in [1.29, 1.82) is 0 Å². The van der Waals surface area contributed by atoms with E-state index in [2.05, 4.69) is 26.2 Å². The van der Waals surface area contributed by atoms with E-state index in [1.165, 1.54) is 0 Å². The van der Waals surface area contributed by atoms with Gasteiger partial charge in [0.25, 0.3) is 0 Å². The average molecular weight is 285 g/mol. The van der Waals surface area contributed by atoms with Crippen LogP contribution in [-0.2, 0) is 9.53 Å². The number of pyridine rings is 1. The van der Waals surface area contributed by atoms with Crippen molar-refractivity contribution in [3.8, 4) is 0 Å². The van der Waals surface area contributed by atoms with Crippen LogP contribution in [0.4, 0.5) is 5.82 Å². The molecule has 0 radical (unpaired) electrons. The highest BCUT2D eigenvalue weighted by Gasteiger charge is 2.28. The van der Waals surface area contributed by atoms with Gasteiger partial charge in [0.1, 0.15) is 10.4 Å². The van der Waals surface area contributed by atoms with Gasteiger partial charge in [0.2, 0.25) is 5.91 Å². The van der Waals surface area contributed by atoms with Crippen LogP contribution in [-0.4, -0.2) is 23.6 Å². The summed E-state index contributed by atoms with van der Waals surface area (Å²) in [4.78, 5) is 16.0. The zero-order valence-corrected chi connectivity index (χ0v) is 10.5. The molecule has 2 heterocycles. The number of hydrogen-bond donors (Lipinski definition) is 1. The Hall–Kier alpha value is -0.940. The molecule has 1 aliphatic heterocycles. The molecule has 0 saturated carbocycles. The minimum absolute atomic E-state index is 0.0186. The lowest BCUT2D eigenvalue weighted by Gasteiger charge is -2.08. The van der Waals surface area contributed by atoms with Gasteiger partial charge in [0, 0.05) is 0 Å². The summed E-state index contributed by atoms with van der Waals surface area (Å²) in [5.74, 6) is 0.490. The van der Waals surface area contributed by atoms with E-state index in [0.717, 1.165) is 6.42 Å².